The van der Waals surface area contributed by atoms with Crippen LogP contribution in [0.25, 0.3) is 11.3 Å². The first-order valence-electron chi connectivity index (χ1n) is 7.51. The maximum Gasteiger partial charge on any atom is 0.270 e. The van der Waals surface area contributed by atoms with Crippen molar-refractivity contribution in [3.8, 4) is 11.3 Å². The molecule has 0 bridgehead atoms. The Hall–Kier alpha value is -1.30. The lowest BCUT2D eigenvalue weighted by atomic mass is 10.1. The molecule has 2 aromatic rings. The van der Waals surface area contributed by atoms with E-state index >= 15 is 0 Å². The van der Waals surface area contributed by atoms with Gasteiger partial charge in [0.25, 0.3) is 5.91 Å². The Bertz CT molecular complexity index is 684. The molecule has 2 heterocycles. The SMILES string of the molecule is C[C@@H]1CNCCN1C(=O)c1ccc(-c2ccc(Br)cc2)n1C.Cl. The van der Waals surface area contributed by atoms with E-state index in [2.05, 4.69) is 40.3 Å². The predicted octanol–water partition coefficient (Wildman–Crippen LogP) is 3.31. The van der Waals surface area contributed by atoms with Crippen molar-refractivity contribution in [3.63, 3.8) is 0 Å². The van der Waals surface area contributed by atoms with Gasteiger partial charge in [-0.15, -0.1) is 12.4 Å². The van der Waals surface area contributed by atoms with E-state index in [1.54, 1.807) is 0 Å². The molecule has 1 N–H and O–H groups in total. The molecule has 1 fully saturated rings. The third-order valence-corrected chi connectivity index (χ3v) is 4.77. The van der Waals surface area contributed by atoms with Crippen LogP contribution in [0.15, 0.2) is 40.9 Å². The van der Waals surface area contributed by atoms with Crippen LogP contribution < -0.4 is 5.32 Å². The van der Waals surface area contributed by atoms with Crippen molar-refractivity contribution < 1.29 is 4.79 Å². The number of aromatic nitrogens is 1. The van der Waals surface area contributed by atoms with Gasteiger partial charge in [-0.1, -0.05) is 28.1 Å². The minimum absolute atomic E-state index is 0. The Kier molecular flexibility index (Phi) is 5.89. The quantitative estimate of drug-likeness (QED) is 0.843. The van der Waals surface area contributed by atoms with Gasteiger partial charge < -0.3 is 14.8 Å². The zero-order valence-electron chi connectivity index (χ0n) is 13.3. The van der Waals surface area contributed by atoms with E-state index in [0.29, 0.717) is 0 Å². The highest BCUT2D eigenvalue weighted by molar-refractivity contribution is 9.10. The Morgan fingerprint density at radius 3 is 2.57 bits per heavy atom. The van der Waals surface area contributed by atoms with Crippen LogP contribution in [0.3, 0.4) is 0 Å². The van der Waals surface area contributed by atoms with E-state index in [-0.39, 0.29) is 24.4 Å². The van der Waals surface area contributed by atoms with Crippen molar-refractivity contribution >= 4 is 34.2 Å². The fourth-order valence-electron chi connectivity index (χ4n) is 2.93. The summed E-state index contributed by atoms with van der Waals surface area (Å²) in [5, 5.41) is 3.32. The van der Waals surface area contributed by atoms with Gasteiger partial charge in [-0.05, 0) is 36.8 Å². The van der Waals surface area contributed by atoms with E-state index in [1.807, 2.05) is 40.8 Å². The Labute approximate surface area is 151 Å². The molecule has 4 nitrogen and oxygen atoms in total. The van der Waals surface area contributed by atoms with Gasteiger partial charge in [-0.25, -0.2) is 0 Å². The standard InChI is InChI=1S/C17H20BrN3O.ClH/c1-12-11-19-9-10-21(12)17(22)16-8-7-15(20(16)2)13-3-5-14(18)6-4-13;/h3-8,12,19H,9-11H2,1-2H3;1H/t12-;/m1./s1. The summed E-state index contributed by atoms with van der Waals surface area (Å²) in [4.78, 5) is 14.8. The van der Waals surface area contributed by atoms with Crippen molar-refractivity contribution in [2.45, 2.75) is 13.0 Å². The third kappa shape index (κ3) is 3.62. The fourth-order valence-corrected chi connectivity index (χ4v) is 3.19. The van der Waals surface area contributed by atoms with E-state index in [1.165, 1.54) is 0 Å². The van der Waals surface area contributed by atoms with Crippen LogP contribution in [0.4, 0.5) is 0 Å². The lowest BCUT2D eigenvalue weighted by molar-refractivity contribution is 0.0646. The van der Waals surface area contributed by atoms with Crippen LogP contribution in [-0.2, 0) is 7.05 Å². The van der Waals surface area contributed by atoms with Gasteiger partial charge in [0.1, 0.15) is 5.69 Å². The van der Waals surface area contributed by atoms with Crippen LogP contribution in [-0.4, -0.2) is 41.1 Å². The molecule has 6 heteroatoms. The van der Waals surface area contributed by atoms with Crippen molar-refractivity contribution in [2.75, 3.05) is 19.6 Å². The monoisotopic (exact) mass is 397 g/mol. The second kappa shape index (κ2) is 7.51. The number of hydrogen-bond acceptors (Lipinski definition) is 2. The molecule has 1 aromatic heterocycles. The minimum Gasteiger partial charge on any atom is -0.340 e. The highest BCUT2D eigenvalue weighted by atomic mass is 79.9. The van der Waals surface area contributed by atoms with Gasteiger partial charge in [0, 0.05) is 42.9 Å². The molecule has 124 valence electrons. The summed E-state index contributed by atoms with van der Waals surface area (Å²) in [5.41, 5.74) is 2.91. The lowest BCUT2D eigenvalue weighted by Gasteiger charge is -2.34. The molecule has 0 spiro atoms. The van der Waals surface area contributed by atoms with Crippen molar-refractivity contribution in [3.05, 3.63) is 46.6 Å². The first-order chi connectivity index (χ1) is 10.6. The van der Waals surface area contributed by atoms with E-state index in [9.17, 15) is 4.79 Å². The zero-order chi connectivity index (χ0) is 15.7. The first-order valence-corrected chi connectivity index (χ1v) is 8.30. The highest BCUT2D eigenvalue weighted by Crippen LogP contribution is 2.24. The topological polar surface area (TPSA) is 37.3 Å². The molecule has 1 aliphatic heterocycles. The fraction of sp³-hybridized carbons (Fsp3) is 0.353. The van der Waals surface area contributed by atoms with Crippen LogP contribution in [0.2, 0.25) is 0 Å². The molecule has 0 saturated carbocycles. The molecular weight excluding hydrogens is 378 g/mol. The number of carbonyl (C=O) groups is 1. The average Bonchev–Trinajstić information content (AvgIpc) is 2.90. The van der Waals surface area contributed by atoms with Crippen LogP contribution >= 0.6 is 28.3 Å². The number of nitrogens with zero attached hydrogens (tertiary/aromatic N) is 2. The summed E-state index contributed by atoms with van der Waals surface area (Å²) in [6, 6.07) is 12.3. The molecule has 1 aromatic carbocycles. The number of piperazine rings is 1. The summed E-state index contributed by atoms with van der Waals surface area (Å²) in [7, 11) is 1.96. The summed E-state index contributed by atoms with van der Waals surface area (Å²) in [6.07, 6.45) is 0. The average molecular weight is 399 g/mol. The maximum absolute atomic E-state index is 12.8. The van der Waals surface area contributed by atoms with E-state index in [4.69, 9.17) is 0 Å². The van der Waals surface area contributed by atoms with Crippen molar-refractivity contribution in [1.82, 2.24) is 14.8 Å². The molecule has 1 saturated heterocycles. The molecule has 23 heavy (non-hydrogen) atoms. The summed E-state index contributed by atoms with van der Waals surface area (Å²) in [6.45, 7) is 4.57. The summed E-state index contributed by atoms with van der Waals surface area (Å²) in [5.74, 6) is 0.111. The summed E-state index contributed by atoms with van der Waals surface area (Å²) < 4.78 is 3.04. The number of hydrogen-bond donors (Lipinski definition) is 1. The largest absolute Gasteiger partial charge is 0.340 e. The van der Waals surface area contributed by atoms with Gasteiger partial charge in [-0.2, -0.15) is 0 Å². The molecule has 0 radical (unpaired) electrons. The van der Waals surface area contributed by atoms with Crippen molar-refractivity contribution in [2.24, 2.45) is 7.05 Å². The number of rotatable bonds is 2. The van der Waals surface area contributed by atoms with Gasteiger partial charge >= 0.3 is 0 Å². The number of halogens is 2. The Balaban J connectivity index is 0.00000192. The number of carbonyl (C=O) groups excluding carboxylic acids is 1. The predicted molar refractivity (Wildman–Crippen MR) is 99.2 cm³/mol. The van der Waals surface area contributed by atoms with Crippen LogP contribution in [0, 0.1) is 0 Å². The smallest absolute Gasteiger partial charge is 0.270 e. The molecule has 1 atom stereocenters. The molecule has 1 aliphatic rings. The molecule has 1 amide bonds. The first kappa shape index (κ1) is 18.0. The second-order valence-electron chi connectivity index (χ2n) is 5.72. The molecule has 0 unspecified atom stereocenters. The summed E-state index contributed by atoms with van der Waals surface area (Å²) >= 11 is 3.45. The van der Waals surface area contributed by atoms with E-state index < -0.39 is 0 Å². The minimum atomic E-state index is 0. The zero-order valence-corrected chi connectivity index (χ0v) is 15.7. The Morgan fingerprint density at radius 2 is 1.91 bits per heavy atom. The number of nitrogens with one attached hydrogen (secondary N) is 1. The molecule has 3 rings (SSSR count). The van der Waals surface area contributed by atoms with Crippen LogP contribution in [0.1, 0.15) is 17.4 Å². The second-order valence-corrected chi connectivity index (χ2v) is 6.64. The normalized spacial score (nSPS) is 17.7. The van der Waals surface area contributed by atoms with Gasteiger partial charge in [-0.3, -0.25) is 4.79 Å². The molecule has 0 aliphatic carbocycles. The Morgan fingerprint density at radius 1 is 1.22 bits per heavy atom. The molecular formula is C17H21BrClN3O. The van der Waals surface area contributed by atoms with E-state index in [0.717, 1.165) is 41.1 Å². The highest BCUT2D eigenvalue weighted by Gasteiger charge is 2.26. The van der Waals surface area contributed by atoms with Gasteiger partial charge in [0.15, 0.2) is 0 Å². The van der Waals surface area contributed by atoms with Gasteiger partial charge in [0.2, 0.25) is 0 Å². The maximum atomic E-state index is 12.8. The van der Waals surface area contributed by atoms with Gasteiger partial charge in [0.05, 0.1) is 0 Å². The third-order valence-electron chi connectivity index (χ3n) is 4.24. The van der Waals surface area contributed by atoms with Crippen molar-refractivity contribution in [1.29, 1.82) is 0 Å². The number of benzene rings is 1. The number of amides is 1. The van der Waals surface area contributed by atoms with Crippen LogP contribution in [0.5, 0.6) is 0 Å². The lowest BCUT2D eigenvalue weighted by Crippen LogP contribution is -2.52.